The van der Waals surface area contributed by atoms with Crippen LogP contribution in [0.1, 0.15) is 16.1 Å². The third-order valence-electron chi connectivity index (χ3n) is 2.52. The molecule has 110 valence electrons. The smallest absolute Gasteiger partial charge is 0.319 e. The van der Waals surface area contributed by atoms with Gasteiger partial charge in [-0.1, -0.05) is 17.7 Å². The Morgan fingerprint density at radius 1 is 1.24 bits per heavy atom. The van der Waals surface area contributed by atoms with Crippen LogP contribution in [0.15, 0.2) is 41.0 Å². The molecule has 0 unspecified atom stereocenters. The number of pyridine rings is 1. The maximum absolute atomic E-state index is 12.9. The number of alkyl halides is 3. The minimum Gasteiger partial charge on any atom is -0.319 e. The second-order valence-corrected chi connectivity index (χ2v) is 5.30. The zero-order valence-electron chi connectivity index (χ0n) is 10.2. The Hall–Kier alpha value is -1.60. The summed E-state index contributed by atoms with van der Waals surface area (Å²) in [6, 6.07) is 6.21. The van der Waals surface area contributed by atoms with Gasteiger partial charge in [-0.25, -0.2) is 4.98 Å². The third-order valence-corrected chi connectivity index (χ3v) is 3.30. The van der Waals surface area contributed by atoms with E-state index in [2.05, 4.69) is 26.2 Å². The van der Waals surface area contributed by atoms with Gasteiger partial charge in [0.15, 0.2) is 0 Å². The van der Waals surface area contributed by atoms with Gasteiger partial charge in [-0.2, -0.15) is 13.2 Å². The van der Waals surface area contributed by atoms with Crippen LogP contribution in [0.4, 0.5) is 18.9 Å². The number of carbonyl (C=O) groups is 1. The van der Waals surface area contributed by atoms with E-state index in [0.29, 0.717) is 4.47 Å². The van der Waals surface area contributed by atoms with Crippen LogP contribution in [0.25, 0.3) is 0 Å². The van der Waals surface area contributed by atoms with Crippen LogP contribution in [0, 0.1) is 0 Å². The van der Waals surface area contributed by atoms with E-state index in [1.807, 2.05) is 0 Å². The van der Waals surface area contributed by atoms with Crippen molar-refractivity contribution in [2.75, 3.05) is 5.32 Å². The van der Waals surface area contributed by atoms with Gasteiger partial charge in [0.25, 0.3) is 5.91 Å². The molecule has 1 heterocycles. The van der Waals surface area contributed by atoms with Crippen molar-refractivity contribution in [2.45, 2.75) is 6.18 Å². The number of anilines is 1. The molecule has 0 atom stereocenters. The lowest BCUT2D eigenvalue weighted by atomic mass is 10.1. The molecular weight excluding hydrogens is 373 g/mol. The van der Waals surface area contributed by atoms with Gasteiger partial charge in [-0.05, 0) is 40.2 Å². The molecule has 0 bridgehead atoms. The lowest BCUT2D eigenvalue weighted by Gasteiger charge is -2.14. The first-order chi connectivity index (χ1) is 9.79. The van der Waals surface area contributed by atoms with Crippen LogP contribution < -0.4 is 5.32 Å². The Balaban J connectivity index is 2.35. The molecule has 0 saturated heterocycles. The zero-order valence-corrected chi connectivity index (χ0v) is 12.6. The van der Waals surface area contributed by atoms with Crippen LogP contribution in [0.2, 0.25) is 5.02 Å². The Labute approximate surface area is 131 Å². The number of rotatable bonds is 2. The standard InChI is InChI=1S/C13H7BrClF3N2O/c14-7-4-5-10(19-6-7)12(21)20-11-8(13(16,17)18)2-1-3-9(11)15/h1-6H,(H,20,21). The van der Waals surface area contributed by atoms with E-state index in [0.717, 1.165) is 6.07 Å². The van der Waals surface area contributed by atoms with Gasteiger partial charge >= 0.3 is 6.18 Å². The van der Waals surface area contributed by atoms with Gasteiger partial charge in [-0.15, -0.1) is 0 Å². The molecule has 0 fully saturated rings. The molecule has 1 amide bonds. The Morgan fingerprint density at radius 3 is 2.52 bits per heavy atom. The maximum Gasteiger partial charge on any atom is 0.418 e. The number of halogens is 5. The molecule has 1 N–H and O–H groups in total. The van der Waals surface area contributed by atoms with E-state index in [-0.39, 0.29) is 10.7 Å². The number of amides is 1. The number of nitrogens with one attached hydrogen (secondary N) is 1. The number of hydrogen-bond acceptors (Lipinski definition) is 2. The summed E-state index contributed by atoms with van der Waals surface area (Å²) >= 11 is 8.90. The molecular formula is C13H7BrClF3N2O. The predicted octanol–water partition coefficient (Wildman–Crippen LogP) is 4.77. The first kappa shape index (κ1) is 15.8. The fraction of sp³-hybridized carbons (Fsp3) is 0.0769. The Bertz CT molecular complexity index is 674. The molecule has 3 nitrogen and oxygen atoms in total. The summed E-state index contributed by atoms with van der Waals surface area (Å²) in [4.78, 5) is 15.8. The lowest BCUT2D eigenvalue weighted by Crippen LogP contribution is -2.18. The average Bonchev–Trinajstić information content (AvgIpc) is 2.40. The highest BCUT2D eigenvalue weighted by atomic mass is 79.9. The summed E-state index contributed by atoms with van der Waals surface area (Å²) in [5.41, 5.74) is -1.52. The fourth-order valence-electron chi connectivity index (χ4n) is 1.58. The lowest BCUT2D eigenvalue weighted by molar-refractivity contribution is -0.136. The summed E-state index contributed by atoms with van der Waals surface area (Å²) in [6.07, 6.45) is -3.26. The van der Waals surface area contributed by atoms with E-state index in [1.165, 1.54) is 24.4 Å². The second kappa shape index (κ2) is 6.03. The maximum atomic E-state index is 12.9. The number of nitrogens with zero attached hydrogens (tertiary/aromatic N) is 1. The molecule has 21 heavy (non-hydrogen) atoms. The average molecular weight is 380 g/mol. The summed E-state index contributed by atoms with van der Waals surface area (Å²) in [5.74, 6) is -0.777. The summed E-state index contributed by atoms with van der Waals surface area (Å²) in [7, 11) is 0. The fourth-order valence-corrected chi connectivity index (χ4v) is 2.03. The van der Waals surface area contributed by atoms with Crippen molar-refractivity contribution < 1.29 is 18.0 Å². The van der Waals surface area contributed by atoms with Gasteiger partial charge in [0.05, 0.1) is 16.3 Å². The first-order valence-electron chi connectivity index (χ1n) is 5.57. The molecule has 0 spiro atoms. The highest BCUT2D eigenvalue weighted by Gasteiger charge is 2.34. The van der Waals surface area contributed by atoms with Gasteiger partial charge < -0.3 is 5.32 Å². The summed E-state index contributed by atoms with van der Waals surface area (Å²) < 4.78 is 39.4. The Kier molecular flexibility index (Phi) is 4.53. The van der Waals surface area contributed by atoms with Crippen molar-refractivity contribution >= 4 is 39.1 Å². The molecule has 2 aromatic rings. The normalized spacial score (nSPS) is 11.3. The SMILES string of the molecule is O=C(Nc1c(Cl)cccc1C(F)(F)F)c1ccc(Br)cn1. The molecule has 2 rings (SSSR count). The van der Waals surface area contributed by atoms with Crippen molar-refractivity contribution in [2.24, 2.45) is 0 Å². The number of carbonyl (C=O) groups excluding carboxylic acids is 1. The summed E-state index contributed by atoms with van der Waals surface area (Å²) in [6.45, 7) is 0. The molecule has 0 radical (unpaired) electrons. The highest BCUT2D eigenvalue weighted by molar-refractivity contribution is 9.10. The Morgan fingerprint density at radius 2 is 1.95 bits per heavy atom. The predicted molar refractivity (Wildman–Crippen MR) is 76.3 cm³/mol. The zero-order chi connectivity index (χ0) is 15.6. The molecule has 1 aromatic heterocycles. The van der Waals surface area contributed by atoms with Crippen LogP contribution in [-0.2, 0) is 6.18 Å². The van der Waals surface area contributed by atoms with E-state index in [4.69, 9.17) is 11.6 Å². The largest absolute Gasteiger partial charge is 0.418 e. The van der Waals surface area contributed by atoms with E-state index < -0.39 is 23.3 Å². The molecule has 0 aliphatic heterocycles. The minimum atomic E-state index is -4.62. The minimum absolute atomic E-state index is 0.0220. The van der Waals surface area contributed by atoms with Crippen LogP contribution in [0.5, 0.6) is 0 Å². The van der Waals surface area contributed by atoms with Crippen molar-refractivity contribution in [3.05, 3.63) is 57.3 Å². The van der Waals surface area contributed by atoms with Gasteiger partial charge in [0.1, 0.15) is 5.69 Å². The van der Waals surface area contributed by atoms with E-state index in [1.54, 1.807) is 6.07 Å². The topological polar surface area (TPSA) is 42.0 Å². The second-order valence-electron chi connectivity index (χ2n) is 3.98. The van der Waals surface area contributed by atoms with Crippen molar-refractivity contribution in [1.29, 1.82) is 0 Å². The molecule has 0 aliphatic carbocycles. The summed E-state index contributed by atoms with van der Waals surface area (Å²) in [5, 5.41) is 1.95. The van der Waals surface area contributed by atoms with E-state index >= 15 is 0 Å². The van der Waals surface area contributed by atoms with Gasteiger partial charge in [0.2, 0.25) is 0 Å². The number of para-hydroxylation sites is 1. The van der Waals surface area contributed by atoms with Crippen molar-refractivity contribution in [3.8, 4) is 0 Å². The molecule has 0 aliphatic rings. The highest BCUT2D eigenvalue weighted by Crippen LogP contribution is 2.38. The van der Waals surface area contributed by atoms with Gasteiger partial charge in [0, 0.05) is 10.7 Å². The molecule has 0 saturated carbocycles. The van der Waals surface area contributed by atoms with Crippen molar-refractivity contribution in [1.82, 2.24) is 4.98 Å². The molecule has 1 aromatic carbocycles. The monoisotopic (exact) mass is 378 g/mol. The quantitative estimate of drug-likeness (QED) is 0.817. The number of hydrogen-bond donors (Lipinski definition) is 1. The van der Waals surface area contributed by atoms with Crippen LogP contribution >= 0.6 is 27.5 Å². The third kappa shape index (κ3) is 3.74. The van der Waals surface area contributed by atoms with Crippen molar-refractivity contribution in [3.63, 3.8) is 0 Å². The van der Waals surface area contributed by atoms with Gasteiger partial charge in [-0.3, -0.25) is 4.79 Å². The number of aromatic nitrogens is 1. The first-order valence-corrected chi connectivity index (χ1v) is 6.75. The molecule has 8 heteroatoms. The van der Waals surface area contributed by atoms with Crippen LogP contribution in [0.3, 0.4) is 0 Å². The number of benzene rings is 1. The van der Waals surface area contributed by atoms with Crippen LogP contribution in [-0.4, -0.2) is 10.9 Å². The van der Waals surface area contributed by atoms with E-state index in [9.17, 15) is 18.0 Å².